The molecule has 8 heteroatoms. The van der Waals surface area contributed by atoms with E-state index in [1.54, 1.807) is 24.3 Å². The molecule has 3 aromatic rings. The maximum Gasteiger partial charge on any atom is 0.293 e. The molecule has 0 radical (unpaired) electrons. The lowest BCUT2D eigenvalue weighted by Gasteiger charge is -2.43. The molecule has 0 aliphatic carbocycles. The van der Waals surface area contributed by atoms with Gasteiger partial charge in [0, 0.05) is 55.5 Å². The van der Waals surface area contributed by atoms with Gasteiger partial charge in [0.05, 0.1) is 4.92 Å². The number of carbonyl (C=O) groups excluding carboxylic acids is 1. The zero-order valence-electron chi connectivity index (χ0n) is 18.0. The van der Waals surface area contributed by atoms with E-state index in [9.17, 15) is 19.7 Å². The van der Waals surface area contributed by atoms with Crippen LogP contribution in [-0.4, -0.2) is 28.5 Å². The number of nitro benzene ring substituents is 1. The van der Waals surface area contributed by atoms with Gasteiger partial charge < -0.3 is 14.8 Å². The summed E-state index contributed by atoms with van der Waals surface area (Å²) in [5, 5.41) is 14.7. The van der Waals surface area contributed by atoms with Crippen molar-refractivity contribution in [3.63, 3.8) is 0 Å². The van der Waals surface area contributed by atoms with Crippen LogP contribution in [-0.2, 0) is 13.1 Å². The third-order valence-electron chi connectivity index (χ3n) is 6.55. The summed E-state index contributed by atoms with van der Waals surface area (Å²) in [6, 6.07) is 19.5. The molecule has 1 saturated heterocycles. The second kappa shape index (κ2) is 8.54. The molecule has 33 heavy (non-hydrogen) atoms. The quantitative estimate of drug-likeness (QED) is 0.481. The zero-order chi connectivity index (χ0) is 22.9. The molecule has 2 aliphatic heterocycles. The summed E-state index contributed by atoms with van der Waals surface area (Å²) in [6.45, 7) is 2.21. The molecule has 1 N–H and O–H groups in total. The second-order valence-corrected chi connectivity index (χ2v) is 8.73. The van der Waals surface area contributed by atoms with E-state index in [1.807, 2.05) is 45.9 Å². The standard InChI is InChI=1S/C25H24N4O4/c30-24-8-4-7-21-20-11-18(15-28(21)24)14-27(16-20)22-10-9-19(12-23(22)29(32)33)25(31)26-13-17-5-2-1-3-6-17/h1-10,12,18,20H,11,13-16H2,(H,26,31)/t18-,20+/m1/s1. The van der Waals surface area contributed by atoms with E-state index in [-0.39, 0.29) is 34.6 Å². The van der Waals surface area contributed by atoms with Crippen LogP contribution in [0.1, 0.15) is 34.0 Å². The Balaban J connectivity index is 1.38. The molecule has 5 rings (SSSR count). The average Bonchev–Trinajstić information content (AvgIpc) is 2.83. The zero-order valence-corrected chi connectivity index (χ0v) is 18.0. The fourth-order valence-electron chi connectivity index (χ4n) is 5.05. The summed E-state index contributed by atoms with van der Waals surface area (Å²) in [4.78, 5) is 38.4. The van der Waals surface area contributed by atoms with Gasteiger partial charge in [-0.2, -0.15) is 0 Å². The van der Waals surface area contributed by atoms with Crippen molar-refractivity contribution in [2.75, 3.05) is 18.0 Å². The molecule has 168 valence electrons. The summed E-state index contributed by atoms with van der Waals surface area (Å²) < 4.78 is 1.84. The molecule has 0 unspecified atom stereocenters. The van der Waals surface area contributed by atoms with Crippen molar-refractivity contribution in [2.45, 2.75) is 25.4 Å². The summed E-state index contributed by atoms with van der Waals surface area (Å²) in [6.07, 6.45) is 0.966. The van der Waals surface area contributed by atoms with Crippen molar-refractivity contribution in [1.29, 1.82) is 0 Å². The van der Waals surface area contributed by atoms with E-state index in [0.717, 1.165) is 17.7 Å². The van der Waals surface area contributed by atoms with Crippen LogP contribution in [0.3, 0.4) is 0 Å². The first-order valence-electron chi connectivity index (χ1n) is 11.0. The molecule has 2 bridgehead atoms. The van der Waals surface area contributed by atoms with Gasteiger partial charge in [-0.05, 0) is 36.1 Å². The van der Waals surface area contributed by atoms with Crippen LogP contribution >= 0.6 is 0 Å². The first-order chi connectivity index (χ1) is 16.0. The molecule has 1 amide bonds. The highest BCUT2D eigenvalue weighted by Crippen LogP contribution is 2.39. The molecule has 1 fully saturated rings. The number of nitro groups is 1. The number of fused-ring (bicyclic) bond motifs is 4. The summed E-state index contributed by atoms with van der Waals surface area (Å²) in [5.74, 6) is 0.0296. The van der Waals surface area contributed by atoms with Crippen LogP contribution in [0.4, 0.5) is 11.4 Å². The number of nitrogens with one attached hydrogen (secondary N) is 1. The number of anilines is 1. The minimum Gasteiger partial charge on any atom is -0.365 e. The Hall–Kier alpha value is -3.94. The first kappa shape index (κ1) is 20.9. The van der Waals surface area contributed by atoms with Crippen molar-refractivity contribution in [2.24, 2.45) is 5.92 Å². The van der Waals surface area contributed by atoms with Gasteiger partial charge in [0.25, 0.3) is 17.2 Å². The van der Waals surface area contributed by atoms with Gasteiger partial charge in [-0.1, -0.05) is 36.4 Å². The minimum absolute atomic E-state index is 0.00694. The number of rotatable bonds is 5. The first-order valence-corrected chi connectivity index (χ1v) is 11.0. The number of nitrogens with zero attached hydrogens (tertiary/aromatic N) is 3. The lowest BCUT2D eigenvalue weighted by molar-refractivity contribution is -0.384. The van der Waals surface area contributed by atoms with Gasteiger partial charge in [-0.15, -0.1) is 0 Å². The number of carbonyl (C=O) groups is 1. The Morgan fingerprint density at radius 3 is 2.64 bits per heavy atom. The highest BCUT2D eigenvalue weighted by molar-refractivity contribution is 5.95. The lowest BCUT2D eigenvalue weighted by atomic mass is 9.83. The Morgan fingerprint density at radius 1 is 1.03 bits per heavy atom. The highest BCUT2D eigenvalue weighted by Gasteiger charge is 2.36. The Kier molecular flexibility index (Phi) is 5.42. The SMILES string of the molecule is O=C(NCc1ccccc1)c1ccc(N2C[C@H]3C[C@@H](C2)c2cccc(=O)n2C3)c([N+](=O)[O-])c1. The maximum absolute atomic E-state index is 12.6. The van der Waals surface area contributed by atoms with E-state index < -0.39 is 4.92 Å². The molecule has 2 atom stereocenters. The number of hydrogen-bond acceptors (Lipinski definition) is 5. The monoisotopic (exact) mass is 444 g/mol. The number of amides is 1. The van der Waals surface area contributed by atoms with Crippen LogP contribution < -0.4 is 15.8 Å². The van der Waals surface area contributed by atoms with Crippen molar-refractivity contribution in [1.82, 2.24) is 9.88 Å². The predicted molar refractivity (Wildman–Crippen MR) is 124 cm³/mol. The largest absolute Gasteiger partial charge is 0.365 e. The molecular weight excluding hydrogens is 420 g/mol. The van der Waals surface area contributed by atoms with Crippen molar-refractivity contribution >= 4 is 17.3 Å². The van der Waals surface area contributed by atoms with Crippen molar-refractivity contribution in [3.05, 3.63) is 104 Å². The number of aromatic nitrogens is 1. The van der Waals surface area contributed by atoms with E-state index in [4.69, 9.17) is 0 Å². The molecule has 2 aliphatic rings. The van der Waals surface area contributed by atoms with E-state index in [1.165, 1.54) is 6.07 Å². The molecular formula is C25H24N4O4. The number of piperidine rings is 1. The third kappa shape index (κ3) is 4.11. The average molecular weight is 444 g/mol. The number of pyridine rings is 1. The lowest BCUT2D eigenvalue weighted by Crippen LogP contribution is -2.47. The smallest absolute Gasteiger partial charge is 0.293 e. The topological polar surface area (TPSA) is 97.5 Å². The van der Waals surface area contributed by atoms with Crippen LogP contribution in [0, 0.1) is 16.0 Å². The molecule has 2 aromatic carbocycles. The van der Waals surface area contributed by atoms with Crippen molar-refractivity contribution < 1.29 is 9.72 Å². The van der Waals surface area contributed by atoms with Crippen LogP contribution in [0.25, 0.3) is 0 Å². The number of benzene rings is 2. The Labute approximate surface area is 190 Å². The summed E-state index contributed by atoms with van der Waals surface area (Å²) in [7, 11) is 0. The summed E-state index contributed by atoms with van der Waals surface area (Å²) >= 11 is 0. The molecule has 3 heterocycles. The van der Waals surface area contributed by atoms with E-state index >= 15 is 0 Å². The van der Waals surface area contributed by atoms with Gasteiger partial charge in [0.1, 0.15) is 5.69 Å². The van der Waals surface area contributed by atoms with Crippen LogP contribution in [0.2, 0.25) is 0 Å². The highest BCUT2D eigenvalue weighted by atomic mass is 16.6. The maximum atomic E-state index is 12.6. The Bertz CT molecular complexity index is 1270. The number of hydrogen-bond donors (Lipinski definition) is 1. The molecule has 1 aromatic heterocycles. The predicted octanol–water partition coefficient (Wildman–Crippen LogP) is 3.31. The third-order valence-corrected chi connectivity index (χ3v) is 6.55. The van der Waals surface area contributed by atoms with Crippen LogP contribution in [0.5, 0.6) is 0 Å². The van der Waals surface area contributed by atoms with E-state index in [0.29, 0.717) is 31.9 Å². The van der Waals surface area contributed by atoms with Crippen molar-refractivity contribution in [3.8, 4) is 0 Å². The molecule has 0 spiro atoms. The Morgan fingerprint density at radius 2 is 1.85 bits per heavy atom. The van der Waals surface area contributed by atoms with Gasteiger partial charge in [0.2, 0.25) is 0 Å². The van der Waals surface area contributed by atoms with E-state index in [2.05, 4.69) is 5.32 Å². The molecule has 8 nitrogen and oxygen atoms in total. The fraction of sp³-hybridized carbons (Fsp3) is 0.280. The van der Waals surface area contributed by atoms with Gasteiger partial charge in [-0.25, -0.2) is 0 Å². The van der Waals surface area contributed by atoms with Gasteiger partial charge in [-0.3, -0.25) is 19.7 Å². The minimum atomic E-state index is -0.424. The van der Waals surface area contributed by atoms with Gasteiger partial charge >= 0.3 is 0 Å². The normalized spacial score (nSPS) is 19.0. The van der Waals surface area contributed by atoms with Crippen LogP contribution in [0.15, 0.2) is 71.5 Å². The summed E-state index contributed by atoms with van der Waals surface area (Å²) in [5.41, 5.74) is 2.65. The second-order valence-electron chi connectivity index (χ2n) is 8.73. The van der Waals surface area contributed by atoms with Gasteiger partial charge in [0.15, 0.2) is 0 Å². The fourth-order valence-corrected chi connectivity index (χ4v) is 5.05. The molecule has 0 saturated carbocycles.